The summed E-state index contributed by atoms with van der Waals surface area (Å²) in [6.45, 7) is 4.89. The van der Waals surface area contributed by atoms with E-state index in [-0.39, 0.29) is 11.4 Å². The van der Waals surface area contributed by atoms with Crippen molar-refractivity contribution in [2.45, 2.75) is 42.2 Å². The van der Waals surface area contributed by atoms with Crippen LogP contribution in [0, 0.1) is 20.2 Å². The van der Waals surface area contributed by atoms with Gasteiger partial charge in [0.1, 0.15) is 5.60 Å². The van der Waals surface area contributed by atoms with Gasteiger partial charge in [-0.3, -0.25) is 20.2 Å². The van der Waals surface area contributed by atoms with Crippen molar-refractivity contribution in [3.05, 3.63) is 104 Å². The van der Waals surface area contributed by atoms with Gasteiger partial charge in [-0.25, -0.2) is 26.4 Å². The molecule has 0 radical (unpaired) electrons. The monoisotopic (exact) mass is 685 g/mol. The molecule has 0 fully saturated rings. The van der Waals surface area contributed by atoms with Crippen molar-refractivity contribution in [3.8, 4) is 0 Å². The van der Waals surface area contributed by atoms with E-state index in [9.17, 15) is 41.9 Å². The fourth-order valence-electron chi connectivity index (χ4n) is 3.70. The Morgan fingerprint density at radius 3 is 1.91 bits per heavy atom. The predicted molar refractivity (Wildman–Crippen MR) is 166 cm³/mol. The van der Waals surface area contributed by atoms with Crippen LogP contribution in [0.4, 0.5) is 16.2 Å². The SMILES string of the molecule is CN(C[C@@H](NC(=O)OC(C)(C)C)c1cccc(Cl)c1)S(=O)(=O)c1ccccc1[N+](=O)[O-].CNS(=O)(=O)c1ccccc1[N+](=O)[O-]. The Morgan fingerprint density at radius 2 is 1.42 bits per heavy atom. The largest absolute Gasteiger partial charge is 0.444 e. The summed E-state index contributed by atoms with van der Waals surface area (Å²) in [5, 5.41) is 24.8. The minimum atomic E-state index is -4.23. The highest BCUT2D eigenvalue weighted by molar-refractivity contribution is 7.89. The molecule has 3 rings (SSSR count). The molecule has 0 saturated heterocycles. The molecule has 0 saturated carbocycles. The van der Waals surface area contributed by atoms with Gasteiger partial charge >= 0.3 is 6.09 Å². The molecule has 0 aliphatic heterocycles. The van der Waals surface area contributed by atoms with Crippen molar-refractivity contribution in [2.75, 3.05) is 20.6 Å². The van der Waals surface area contributed by atoms with Crippen molar-refractivity contribution in [1.29, 1.82) is 0 Å². The van der Waals surface area contributed by atoms with Gasteiger partial charge in [-0.15, -0.1) is 0 Å². The van der Waals surface area contributed by atoms with Crippen LogP contribution in [0.3, 0.4) is 0 Å². The van der Waals surface area contributed by atoms with Gasteiger partial charge in [-0.2, -0.15) is 4.31 Å². The first kappa shape index (κ1) is 37.0. The maximum Gasteiger partial charge on any atom is 0.408 e. The van der Waals surface area contributed by atoms with Crippen LogP contribution in [0.5, 0.6) is 0 Å². The van der Waals surface area contributed by atoms with E-state index >= 15 is 0 Å². The Morgan fingerprint density at radius 1 is 0.911 bits per heavy atom. The third kappa shape index (κ3) is 10.5. The normalized spacial score (nSPS) is 12.4. The van der Waals surface area contributed by atoms with Crippen LogP contribution in [0.2, 0.25) is 5.02 Å². The van der Waals surface area contributed by atoms with E-state index < -0.39 is 63.9 Å². The molecule has 3 aromatic rings. The van der Waals surface area contributed by atoms with E-state index in [0.717, 1.165) is 16.4 Å². The number of rotatable bonds is 10. The summed E-state index contributed by atoms with van der Waals surface area (Å²) in [5.74, 6) is 0. The molecule has 1 atom stereocenters. The first-order valence-corrected chi connectivity index (χ1v) is 16.2. The minimum Gasteiger partial charge on any atom is -0.444 e. The van der Waals surface area contributed by atoms with Gasteiger partial charge in [0.05, 0.1) is 15.9 Å². The highest BCUT2D eigenvalue weighted by Gasteiger charge is 2.32. The average Bonchev–Trinajstić information content (AvgIpc) is 2.96. The summed E-state index contributed by atoms with van der Waals surface area (Å²) < 4.78 is 57.0. The number of hydrogen-bond donors (Lipinski definition) is 2. The summed E-state index contributed by atoms with van der Waals surface area (Å²) >= 11 is 6.06. The zero-order chi connectivity index (χ0) is 34.2. The van der Waals surface area contributed by atoms with Gasteiger partial charge in [-0.05, 0) is 57.6 Å². The second-order valence-corrected chi connectivity index (χ2v) is 14.5. The fourth-order valence-corrected chi connectivity index (χ4v) is 6.13. The molecule has 15 nitrogen and oxygen atoms in total. The molecule has 1 amide bonds. The number of alkyl carbamates (subject to hydrolysis) is 1. The number of para-hydroxylation sites is 2. The van der Waals surface area contributed by atoms with Crippen LogP contribution in [0.15, 0.2) is 82.6 Å². The Labute approximate surface area is 265 Å². The number of nitrogens with zero attached hydrogens (tertiary/aromatic N) is 3. The van der Waals surface area contributed by atoms with Crippen LogP contribution in [0.1, 0.15) is 32.4 Å². The molecule has 0 aliphatic carbocycles. The lowest BCUT2D eigenvalue weighted by Crippen LogP contribution is -2.41. The summed E-state index contributed by atoms with van der Waals surface area (Å²) in [6.07, 6.45) is -0.742. The van der Waals surface area contributed by atoms with E-state index in [2.05, 4.69) is 5.32 Å². The molecule has 0 bridgehead atoms. The molecule has 0 unspecified atom stereocenters. The molecule has 0 aromatic heterocycles. The van der Waals surface area contributed by atoms with Crippen molar-refractivity contribution in [2.24, 2.45) is 0 Å². The molecule has 0 heterocycles. The number of likely N-dealkylation sites (N-methyl/N-ethyl adjacent to an activating group) is 1. The third-order valence-electron chi connectivity index (χ3n) is 5.75. The van der Waals surface area contributed by atoms with Crippen LogP contribution in [-0.2, 0) is 24.8 Å². The molecule has 244 valence electrons. The zero-order valence-corrected chi connectivity index (χ0v) is 27.2. The summed E-state index contributed by atoms with van der Waals surface area (Å²) in [5.41, 5.74) is -1.18. The van der Waals surface area contributed by atoms with Crippen LogP contribution in [-0.4, -0.2) is 63.3 Å². The van der Waals surface area contributed by atoms with Crippen molar-refractivity contribution < 1.29 is 36.2 Å². The number of ether oxygens (including phenoxy) is 1. The molecular formula is C27H32ClN5O10S2. The summed E-state index contributed by atoms with van der Waals surface area (Å²) in [7, 11) is -5.52. The summed E-state index contributed by atoms with van der Waals surface area (Å²) in [6, 6.07) is 16.0. The number of nitrogens with one attached hydrogen (secondary N) is 2. The number of benzene rings is 3. The van der Waals surface area contributed by atoms with Gasteiger partial charge in [0, 0.05) is 30.7 Å². The lowest BCUT2D eigenvalue weighted by molar-refractivity contribution is -0.388. The van der Waals surface area contributed by atoms with Crippen molar-refractivity contribution in [3.63, 3.8) is 0 Å². The van der Waals surface area contributed by atoms with Crippen LogP contribution in [0.25, 0.3) is 0 Å². The molecule has 45 heavy (non-hydrogen) atoms. The van der Waals surface area contributed by atoms with E-state index in [4.69, 9.17) is 16.3 Å². The smallest absolute Gasteiger partial charge is 0.408 e. The predicted octanol–water partition coefficient (Wildman–Crippen LogP) is 4.64. The number of hydrogen-bond acceptors (Lipinski definition) is 10. The maximum absolute atomic E-state index is 13.1. The molecule has 0 spiro atoms. The number of amides is 1. The van der Waals surface area contributed by atoms with E-state index in [0.29, 0.717) is 10.6 Å². The molecule has 18 heteroatoms. The fraction of sp³-hybridized carbons (Fsp3) is 0.296. The Hall–Kier alpha value is -4.16. The zero-order valence-electron chi connectivity index (χ0n) is 24.8. The number of carbonyl (C=O) groups is 1. The Balaban J connectivity index is 0.000000420. The highest BCUT2D eigenvalue weighted by atomic mass is 35.5. The number of carbonyl (C=O) groups excluding carboxylic acids is 1. The third-order valence-corrected chi connectivity index (χ3v) is 9.32. The average molecular weight is 686 g/mol. The second kappa shape index (κ2) is 15.2. The molecule has 3 aromatic carbocycles. The number of nitro benzene ring substituents is 2. The van der Waals surface area contributed by atoms with Gasteiger partial charge < -0.3 is 10.1 Å². The Kier molecular flexibility index (Phi) is 12.5. The highest BCUT2D eigenvalue weighted by Crippen LogP contribution is 2.28. The molecular weight excluding hydrogens is 654 g/mol. The van der Waals surface area contributed by atoms with E-state index in [1.807, 2.05) is 4.72 Å². The lowest BCUT2D eigenvalue weighted by Gasteiger charge is -2.27. The van der Waals surface area contributed by atoms with Crippen LogP contribution >= 0.6 is 11.6 Å². The van der Waals surface area contributed by atoms with Gasteiger partial charge in [0.15, 0.2) is 9.79 Å². The van der Waals surface area contributed by atoms with E-state index in [1.54, 1.807) is 45.0 Å². The first-order valence-electron chi connectivity index (χ1n) is 12.9. The molecule has 2 N–H and O–H groups in total. The standard InChI is InChI=1S/C20H24ClN3O6S.C7H8N2O4S/c1-20(2,3)30-19(25)22-16(14-8-7-9-15(21)12-14)13-23(4)31(28,29)18-11-6-5-10-17(18)24(26)27;1-8-14(12,13)7-5-3-2-4-6(7)9(10)11/h5-12,16H,13H2,1-4H3,(H,22,25);2-5,8H,1H3/t16-;/m1./s1. The lowest BCUT2D eigenvalue weighted by atomic mass is 10.1. The Bertz CT molecular complexity index is 1760. The number of sulfonamides is 2. The molecule has 0 aliphatic rings. The topological polar surface area (TPSA) is 208 Å². The number of halogens is 1. The van der Waals surface area contributed by atoms with Crippen molar-refractivity contribution >= 4 is 49.1 Å². The first-order chi connectivity index (χ1) is 20.8. The quantitative estimate of drug-likeness (QED) is 0.223. The number of nitro groups is 2. The van der Waals surface area contributed by atoms with Crippen molar-refractivity contribution in [1.82, 2.24) is 14.3 Å². The van der Waals surface area contributed by atoms with Crippen LogP contribution < -0.4 is 10.0 Å². The summed E-state index contributed by atoms with van der Waals surface area (Å²) in [4.78, 5) is 31.9. The van der Waals surface area contributed by atoms with Gasteiger partial charge in [0.2, 0.25) is 20.0 Å². The van der Waals surface area contributed by atoms with Gasteiger partial charge in [0.25, 0.3) is 11.4 Å². The minimum absolute atomic E-state index is 0.214. The maximum atomic E-state index is 13.1. The van der Waals surface area contributed by atoms with Gasteiger partial charge in [-0.1, -0.05) is 48.0 Å². The second-order valence-electron chi connectivity index (χ2n) is 10.2. The van der Waals surface area contributed by atoms with E-state index in [1.165, 1.54) is 50.5 Å².